The third-order valence-electron chi connectivity index (χ3n) is 2.93. The van der Waals surface area contributed by atoms with E-state index in [4.69, 9.17) is 10.5 Å². The number of nitrogens with zero attached hydrogens (tertiary/aromatic N) is 3. The normalized spacial score (nSPS) is 10.7. The molecule has 6 nitrogen and oxygen atoms in total. The Hall–Kier alpha value is -2.81. The van der Waals surface area contributed by atoms with E-state index in [1.165, 1.54) is 22.1 Å². The molecule has 9 heteroatoms. The van der Waals surface area contributed by atoms with Crippen molar-refractivity contribution in [2.45, 2.75) is 6.61 Å². The average molecular weight is 336 g/mol. The molecule has 23 heavy (non-hydrogen) atoms. The number of halogens is 2. The largest absolute Gasteiger partial charge is 0.487 e. The maximum Gasteiger partial charge on any atom is 0.260 e. The first kappa shape index (κ1) is 15.1. The second-order valence-electron chi connectivity index (χ2n) is 4.52. The smallest absolute Gasteiger partial charge is 0.260 e. The van der Waals surface area contributed by atoms with E-state index in [1.807, 2.05) is 0 Å². The van der Waals surface area contributed by atoms with Gasteiger partial charge >= 0.3 is 0 Å². The van der Waals surface area contributed by atoms with Gasteiger partial charge < -0.3 is 10.5 Å². The van der Waals surface area contributed by atoms with Gasteiger partial charge in [0.15, 0.2) is 11.6 Å². The Morgan fingerprint density at radius 2 is 2.13 bits per heavy atom. The summed E-state index contributed by atoms with van der Waals surface area (Å²) in [5.41, 5.74) is 6.26. The summed E-state index contributed by atoms with van der Waals surface area (Å²) in [6.07, 6.45) is 1.56. The standard InChI is InChI=1S/C14H10F2N4O2S/c15-10-2-1-9(5-11(10)16)22-7-8-6-20(19-18-8)12-3-4-23-13(12)14(17)21/h1-6H,7H2,(H2,17,21). The van der Waals surface area contributed by atoms with Gasteiger partial charge in [0.2, 0.25) is 0 Å². The molecule has 0 radical (unpaired) electrons. The fourth-order valence-electron chi connectivity index (χ4n) is 1.87. The third-order valence-corrected chi connectivity index (χ3v) is 3.85. The summed E-state index contributed by atoms with van der Waals surface area (Å²) in [6.45, 7) is 0.0150. The summed E-state index contributed by atoms with van der Waals surface area (Å²) in [7, 11) is 0. The summed E-state index contributed by atoms with van der Waals surface area (Å²) >= 11 is 1.20. The summed E-state index contributed by atoms with van der Waals surface area (Å²) in [4.78, 5) is 11.7. The molecular weight excluding hydrogens is 326 g/mol. The highest BCUT2D eigenvalue weighted by molar-refractivity contribution is 7.12. The van der Waals surface area contributed by atoms with Crippen LogP contribution in [0.2, 0.25) is 0 Å². The molecule has 0 saturated heterocycles. The van der Waals surface area contributed by atoms with Crippen LogP contribution in [0.1, 0.15) is 15.4 Å². The molecule has 2 heterocycles. The van der Waals surface area contributed by atoms with Crippen molar-refractivity contribution in [2.75, 3.05) is 0 Å². The maximum absolute atomic E-state index is 13.1. The van der Waals surface area contributed by atoms with Crippen LogP contribution in [0.3, 0.4) is 0 Å². The van der Waals surface area contributed by atoms with Gasteiger partial charge in [0.05, 0.1) is 11.9 Å². The lowest BCUT2D eigenvalue weighted by Gasteiger charge is -2.03. The van der Waals surface area contributed by atoms with E-state index in [-0.39, 0.29) is 12.4 Å². The van der Waals surface area contributed by atoms with Crippen molar-refractivity contribution in [3.8, 4) is 11.4 Å². The molecule has 1 amide bonds. The average Bonchev–Trinajstić information content (AvgIpc) is 3.16. The van der Waals surface area contributed by atoms with Crippen molar-refractivity contribution in [1.29, 1.82) is 0 Å². The summed E-state index contributed by atoms with van der Waals surface area (Å²) in [5, 5.41) is 9.51. The summed E-state index contributed by atoms with van der Waals surface area (Å²) in [5.74, 6) is -2.31. The molecule has 1 aromatic carbocycles. The number of benzene rings is 1. The van der Waals surface area contributed by atoms with Gasteiger partial charge in [-0.1, -0.05) is 5.21 Å². The van der Waals surface area contributed by atoms with E-state index in [9.17, 15) is 13.6 Å². The number of hydrogen-bond donors (Lipinski definition) is 1. The van der Waals surface area contributed by atoms with E-state index in [1.54, 1.807) is 17.6 Å². The minimum Gasteiger partial charge on any atom is -0.487 e. The molecule has 2 aromatic heterocycles. The molecule has 0 fully saturated rings. The Kier molecular flexibility index (Phi) is 4.02. The number of carbonyl (C=O) groups is 1. The van der Waals surface area contributed by atoms with E-state index >= 15 is 0 Å². The van der Waals surface area contributed by atoms with E-state index < -0.39 is 17.5 Å². The molecule has 0 spiro atoms. The molecule has 3 rings (SSSR count). The number of ether oxygens (including phenoxy) is 1. The lowest BCUT2D eigenvalue weighted by molar-refractivity contribution is 0.100. The number of nitrogens with two attached hydrogens (primary N) is 1. The summed E-state index contributed by atoms with van der Waals surface area (Å²) < 4.78 is 32.6. The third kappa shape index (κ3) is 3.19. The SMILES string of the molecule is NC(=O)c1sccc1-n1cc(COc2ccc(F)c(F)c2)nn1. The van der Waals surface area contributed by atoms with Crippen LogP contribution in [0.25, 0.3) is 5.69 Å². The van der Waals surface area contributed by atoms with Gasteiger partial charge in [0.1, 0.15) is 22.9 Å². The van der Waals surface area contributed by atoms with Crippen LogP contribution in [0, 0.1) is 11.6 Å². The molecule has 2 N–H and O–H groups in total. The second kappa shape index (κ2) is 6.13. The van der Waals surface area contributed by atoms with Crippen molar-refractivity contribution < 1.29 is 18.3 Å². The first-order valence-corrected chi connectivity index (χ1v) is 7.29. The lowest BCUT2D eigenvalue weighted by Crippen LogP contribution is -2.12. The first-order valence-electron chi connectivity index (χ1n) is 6.41. The molecule has 0 aliphatic rings. The number of aromatic nitrogens is 3. The summed E-state index contributed by atoms with van der Waals surface area (Å²) in [6, 6.07) is 4.93. The minimum atomic E-state index is -0.990. The van der Waals surface area contributed by atoms with Gasteiger partial charge in [-0.25, -0.2) is 13.5 Å². The van der Waals surface area contributed by atoms with Gasteiger partial charge in [-0.15, -0.1) is 16.4 Å². The van der Waals surface area contributed by atoms with Crippen molar-refractivity contribution in [3.63, 3.8) is 0 Å². The Labute approximate surface area is 133 Å². The van der Waals surface area contributed by atoms with Gasteiger partial charge in [-0.3, -0.25) is 4.79 Å². The Morgan fingerprint density at radius 1 is 1.30 bits per heavy atom. The Morgan fingerprint density at radius 3 is 2.87 bits per heavy atom. The predicted octanol–water partition coefficient (Wildman–Crippen LogP) is 2.28. The molecule has 0 aliphatic heterocycles. The fourth-order valence-corrected chi connectivity index (χ4v) is 2.60. The zero-order valence-electron chi connectivity index (χ0n) is 11.6. The molecular formula is C14H10F2N4O2S. The van der Waals surface area contributed by atoms with Crippen LogP contribution in [0.15, 0.2) is 35.8 Å². The first-order chi connectivity index (χ1) is 11.0. The zero-order chi connectivity index (χ0) is 16.4. The molecule has 0 bridgehead atoms. The van der Waals surface area contributed by atoms with Gasteiger partial charge in [0.25, 0.3) is 5.91 Å². The molecule has 118 valence electrons. The van der Waals surface area contributed by atoms with Crippen molar-refractivity contribution in [2.24, 2.45) is 5.73 Å². The van der Waals surface area contributed by atoms with Crippen molar-refractivity contribution >= 4 is 17.2 Å². The second-order valence-corrected chi connectivity index (χ2v) is 5.43. The topological polar surface area (TPSA) is 83.0 Å². The zero-order valence-corrected chi connectivity index (χ0v) is 12.4. The van der Waals surface area contributed by atoms with Crippen LogP contribution in [-0.4, -0.2) is 20.9 Å². The van der Waals surface area contributed by atoms with Crippen LogP contribution < -0.4 is 10.5 Å². The fraction of sp³-hybridized carbons (Fsp3) is 0.0714. The Balaban J connectivity index is 1.73. The highest BCUT2D eigenvalue weighted by atomic mass is 32.1. The number of thiophene rings is 1. The lowest BCUT2D eigenvalue weighted by atomic mass is 10.3. The Bertz CT molecular complexity index is 862. The minimum absolute atomic E-state index is 0.0150. The van der Waals surface area contributed by atoms with Gasteiger partial charge in [-0.2, -0.15) is 0 Å². The highest BCUT2D eigenvalue weighted by Gasteiger charge is 2.13. The quantitative estimate of drug-likeness (QED) is 0.775. The van der Waals surface area contributed by atoms with E-state index in [0.717, 1.165) is 12.1 Å². The number of rotatable bonds is 5. The van der Waals surface area contributed by atoms with E-state index in [0.29, 0.717) is 16.3 Å². The maximum atomic E-state index is 13.1. The van der Waals surface area contributed by atoms with Crippen LogP contribution >= 0.6 is 11.3 Å². The molecule has 0 saturated carbocycles. The number of primary amides is 1. The highest BCUT2D eigenvalue weighted by Crippen LogP contribution is 2.20. The van der Waals surface area contributed by atoms with E-state index in [2.05, 4.69) is 10.3 Å². The molecule has 0 unspecified atom stereocenters. The number of carbonyl (C=O) groups excluding carboxylic acids is 1. The van der Waals surface area contributed by atoms with Gasteiger partial charge in [-0.05, 0) is 23.6 Å². The molecule has 0 aliphatic carbocycles. The van der Waals surface area contributed by atoms with Crippen molar-refractivity contribution in [3.05, 3.63) is 58.0 Å². The van der Waals surface area contributed by atoms with Crippen molar-refractivity contribution in [1.82, 2.24) is 15.0 Å². The van der Waals surface area contributed by atoms with Gasteiger partial charge in [0, 0.05) is 6.07 Å². The van der Waals surface area contributed by atoms with Crippen LogP contribution in [0.4, 0.5) is 8.78 Å². The number of amides is 1. The van der Waals surface area contributed by atoms with Crippen LogP contribution in [-0.2, 0) is 6.61 Å². The molecule has 0 atom stereocenters. The monoisotopic (exact) mass is 336 g/mol. The number of hydrogen-bond acceptors (Lipinski definition) is 5. The van der Waals surface area contributed by atoms with Crippen LogP contribution in [0.5, 0.6) is 5.75 Å². The molecule has 3 aromatic rings. The predicted molar refractivity (Wildman–Crippen MR) is 78.4 cm³/mol.